The fraction of sp³-hybridized carbons (Fsp3) is 0.273. The lowest BCUT2D eigenvalue weighted by atomic mass is 9.87. The summed E-state index contributed by atoms with van der Waals surface area (Å²) in [6.07, 6.45) is 0. The van der Waals surface area contributed by atoms with Gasteiger partial charge in [0.2, 0.25) is 5.82 Å². The average Bonchev–Trinajstić information content (AvgIpc) is 3.23. The highest BCUT2D eigenvalue weighted by Gasteiger charge is 2.17. The first kappa shape index (κ1) is 22.8. The predicted octanol–water partition coefficient (Wildman–Crippen LogP) is 4.50. The molecule has 0 atom stereocenters. The summed E-state index contributed by atoms with van der Waals surface area (Å²) in [4.78, 5) is 28.5. The molecular formula is C22H22Cl2N4O3. The van der Waals surface area contributed by atoms with Crippen molar-refractivity contribution in [1.82, 2.24) is 20.8 Å². The zero-order valence-electron chi connectivity index (χ0n) is 17.3. The third-order valence-electron chi connectivity index (χ3n) is 4.51. The van der Waals surface area contributed by atoms with Gasteiger partial charge in [0.25, 0.3) is 5.91 Å². The van der Waals surface area contributed by atoms with Gasteiger partial charge in [0.15, 0.2) is 0 Å². The summed E-state index contributed by atoms with van der Waals surface area (Å²) in [6.45, 7) is 6.79. The summed E-state index contributed by atoms with van der Waals surface area (Å²) in [6, 6.07) is 12.4. The molecule has 0 spiro atoms. The van der Waals surface area contributed by atoms with Crippen LogP contribution in [-0.4, -0.2) is 35.0 Å². The Morgan fingerprint density at radius 1 is 0.935 bits per heavy atom. The molecule has 1 aromatic heterocycles. The van der Waals surface area contributed by atoms with Crippen molar-refractivity contribution < 1.29 is 14.1 Å². The third kappa shape index (κ3) is 5.83. The normalized spacial score (nSPS) is 11.3. The van der Waals surface area contributed by atoms with Crippen molar-refractivity contribution in [3.05, 3.63) is 69.5 Å². The lowest BCUT2D eigenvalue weighted by molar-refractivity contribution is 0.0898. The number of amides is 2. The maximum atomic E-state index is 12.2. The minimum atomic E-state index is -0.520. The topological polar surface area (TPSA) is 97.1 Å². The molecule has 2 N–H and O–H groups in total. The van der Waals surface area contributed by atoms with Gasteiger partial charge in [0, 0.05) is 24.2 Å². The molecule has 0 bridgehead atoms. The van der Waals surface area contributed by atoms with Crippen LogP contribution in [0, 0.1) is 0 Å². The van der Waals surface area contributed by atoms with Crippen LogP contribution in [0.1, 0.15) is 47.4 Å². The predicted molar refractivity (Wildman–Crippen MR) is 120 cm³/mol. The van der Waals surface area contributed by atoms with E-state index in [0.717, 1.165) is 5.56 Å². The molecule has 3 rings (SSSR count). The van der Waals surface area contributed by atoms with Gasteiger partial charge in [-0.2, -0.15) is 4.98 Å². The Morgan fingerprint density at radius 3 is 2.19 bits per heavy atom. The number of hydrogen-bond donors (Lipinski definition) is 2. The molecule has 0 saturated heterocycles. The van der Waals surface area contributed by atoms with E-state index in [2.05, 4.69) is 41.5 Å². The summed E-state index contributed by atoms with van der Waals surface area (Å²) < 4.78 is 5.06. The number of carbonyl (C=O) groups excluding carboxylic acids is 2. The van der Waals surface area contributed by atoms with Crippen LogP contribution in [0.15, 0.2) is 47.0 Å². The van der Waals surface area contributed by atoms with Crippen molar-refractivity contribution in [1.29, 1.82) is 0 Å². The Kier molecular flexibility index (Phi) is 6.97. The Labute approximate surface area is 190 Å². The number of halogens is 2. The second kappa shape index (κ2) is 9.49. The van der Waals surface area contributed by atoms with Crippen LogP contribution in [0.3, 0.4) is 0 Å². The van der Waals surface area contributed by atoms with E-state index in [-0.39, 0.29) is 30.3 Å². The first-order chi connectivity index (χ1) is 14.6. The van der Waals surface area contributed by atoms with Gasteiger partial charge in [-0.25, -0.2) is 0 Å². The fourth-order valence-corrected chi connectivity index (χ4v) is 3.02. The molecule has 3 aromatic rings. The second-order valence-electron chi connectivity index (χ2n) is 7.89. The smallest absolute Gasteiger partial charge is 0.316 e. The van der Waals surface area contributed by atoms with E-state index < -0.39 is 5.91 Å². The van der Waals surface area contributed by atoms with E-state index >= 15 is 0 Å². The van der Waals surface area contributed by atoms with Gasteiger partial charge in [-0.3, -0.25) is 9.59 Å². The molecule has 162 valence electrons. The molecule has 31 heavy (non-hydrogen) atoms. The largest absolute Gasteiger partial charge is 0.350 e. The number of nitrogens with zero attached hydrogens (tertiary/aromatic N) is 2. The molecule has 0 aliphatic carbocycles. The number of rotatable bonds is 6. The standard InChI is InChI=1S/C22H22Cl2N4O3/c1-22(2,3)15-7-4-13(5-8-15)18-27-21(31-28-18)20(30)26-11-10-25-19(29)14-6-9-16(23)17(24)12-14/h4-9,12H,10-11H2,1-3H3,(H,25,29)(H,26,30). The summed E-state index contributed by atoms with van der Waals surface area (Å²) in [5, 5.41) is 9.84. The van der Waals surface area contributed by atoms with E-state index in [1.807, 2.05) is 24.3 Å². The first-order valence-corrected chi connectivity index (χ1v) is 10.4. The van der Waals surface area contributed by atoms with Gasteiger partial charge in [-0.1, -0.05) is 73.4 Å². The zero-order valence-corrected chi connectivity index (χ0v) is 18.8. The Bertz CT molecular complexity index is 1090. The number of benzene rings is 2. The van der Waals surface area contributed by atoms with Gasteiger partial charge in [0.1, 0.15) is 0 Å². The van der Waals surface area contributed by atoms with Gasteiger partial charge in [-0.15, -0.1) is 0 Å². The van der Waals surface area contributed by atoms with Crippen LogP contribution in [0.4, 0.5) is 0 Å². The highest BCUT2D eigenvalue weighted by atomic mass is 35.5. The van der Waals surface area contributed by atoms with E-state index in [4.69, 9.17) is 27.7 Å². The molecule has 1 heterocycles. The summed E-state index contributed by atoms with van der Waals surface area (Å²) >= 11 is 11.7. The molecule has 0 fully saturated rings. The molecule has 7 nitrogen and oxygen atoms in total. The van der Waals surface area contributed by atoms with E-state index in [1.165, 1.54) is 11.6 Å². The second-order valence-corrected chi connectivity index (χ2v) is 8.71. The first-order valence-electron chi connectivity index (χ1n) is 9.61. The molecular weight excluding hydrogens is 439 g/mol. The van der Waals surface area contributed by atoms with Gasteiger partial charge in [0.05, 0.1) is 10.0 Å². The van der Waals surface area contributed by atoms with Crippen LogP contribution in [-0.2, 0) is 5.41 Å². The van der Waals surface area contributed by atoms with Crippen molar-refractivity contribution in [2.75, 3.05) is 13.1 Å². The maximum Gasteiger partial charge on any atom is 0.316 e. The van der Waals surface area contributed by atoms with Crippen molar-refractivity contribution in [2.24, 2.45) is 0 Å². The van der Waals surface area contributed by atoms with Crippen LogP contribution in [0.5, 0.6) is 0 Å². The Morgan fingerprint density at radius 2 is 1.58 bits per heavy atom. The van der Waals surface area contributed by atoms with Crippen LogP contribution < -0.4 is 10.6 Å². The van der Waals surface area contributed by atoms with Gasteiger partial charge < -0.3 is 15.2 Å². The monoisotopic (exact) mass is 460 g/mol. The quantitative estimate of drug-likeness (QED) is 0.527. The highest BCUT2D eigenvalue weighted by molar-refractivity contribution is 6.42. The maximum absolute atomic E-state index is 12.2. The van der Waals surface area contributed by atoms with Gasteiger partial charge in [-0.05, 0) is 29.2 Å². The molecule has 0 aliphatic rings. The zero-order chi connectivity index (χ0) is 22.6. The number of aromatic nitrogens is 2. The van der Waals surface area contributed by atoms with E-state index in [9.17, 15) is 9.59 Å². The third-order valence-corrected chi connectivity index (χ3v) is 5.25. The van der Waals surface area contributed by atoms with Crippen molar-refractivity contribution in [2.45, 2.75) is 26.2 Å². The Hall–Kier alpha value is -2.90. The number of carbonyl (C=O) groups is 2. The van der Waals surface area contributed by atoms with E-state index in [1.54, 1.807) is 12.1 Å². The molecule has 0 unspecified atom stereocenters. The van der Waals surface area contributed by atoms with Crippen molar-refractivity contribution in [3.8, 4) is 11.4 Å². The SMILES string of the molecule is CC(C)(C)c1ccc(-c2noc(C(=O)NCCNC(=O)c3ccc(Cl)c(Cl)c3)n2)cc1. The fourth-order valence-electron chi connectivity index (χ4n) is 2.72. The Balaban J connectivity index is 1.51. The van der Waals surface area contributed by atoms with E-state index in [0.29, 0.717) is 21.4 Å². The van der Waals surface area contributed by atoms with Gasteiger partial charge >= 0.3 is 11.8 Å². The van der Waals surface area contributed by atoms with Crippen molar-refractivity contribution in [3.63, 3.8) is 0 Å². The number of nitrogens with one attached hydrogen (secondary N) is 2. The summed E-state index contributed by atoms with van der Waals surface area (Å²) in [7, 11) is 0. The van der Waals surface area contributed by atoms with Crippen molar-refractivity contribution >= 4 is 35.0 Å². The molecule has 0 saturated carbocycles. The van der Waals surface area contributed by atoms with Crippen LogP contribution in [0.2, 0.25) is 10.0 Å². The average molecular weight is 461 g/mol. The summed E-state index contributed by atoms with van der Waals surface area (Å²) in [5.41, 5.74) is 2.35. The molecule has 0 radical (unpaired) electrons. The minimum absolute atomic E-state index is 0.0378. The van der Waals surface area contributed by atoms with Crippen LogP contribution >= 0.6 is 23.2 Å². The molecule has 0 aliphatic heterocycles. The molecule has 9 heteroatoms. The lowest BCUT2D eigenvalue weighted by Gasteiger charge is -2.18. The van der Waals surface area contributed by atoms with Crippen LogP contribution in [0.25, 0.3) is 11.4 Å². The molecule has 2 aromatic carbocycles. The minimum Gasteiger partial charge on any atom is -0.350 e. The highest BCUT2D eigenvalue weighted by Crippen LogP contribution is 2.25. The summed E-state index contributed by atoms with van der Waals surface area (Å²) in [5.74, 6) is -0.662. The number of hydrogen-bond acceptors (Lipinski definition) is 5. The lowest BCUT2D eigenvalue weighted by Crippen LogP contribution is -2.34. The molecule has 2 amide bonds.